The van der Waals surface area contributed by atoms with Crippen LogP contribution in [0.3, 0.4) is 0 Å². The quantitative estimate of drug-likeness (QED) is 0.426. The van der Waals surface area contributed by atoms with Crippen molar-refractivity contribution < 1.29 is 9.21 Å². The molecule has 2 aromatic carbocycles. The van der Waals surface area contributed by atoms with Gasteiger partial charge in [0.25, 0.3) is 5.91 Å². The molecule has 4 rings (SSSR count). The zero-order valence-corrected chi connectivity index (χ0v) is 14.8. The lowest BCUT2D eigenvalue weighted by Crippen LogP contribution is -2.18. The van der Waals surface area contributed by atoms with E-state index in [9.17, 15) is 4.79 Å². The lowest BCUT2D eigenvalue weighted by molar-refractivity contribution is 0.0954. The minimum absolute atomic E-state index is 0.252. The Kier molecular flexibility index (Phi) is 4.33. The van der Waals surface area contributed by atoms with Crippen molar-refractivity contribution >= 4 is 33.7 Å². The molecular formula is C20H15N3O2S. The highest BCUT2D eigenvalue weighted by molar-refractivity contribution is 7.21. The van der Waals surface area contributed by atoms with E-state index in [1.807, 2.05) is 55.5 Å². The van der Waals surface area contributed by atoms with Gasteiger partial charge in [-0.1, -0.05) is 30.3 Å². The number of para-hydroxylation sites is 1. The van der Waals surface area contributed by atoms with E-state index in [1.165, 1.54) is 6.21 Å². The molecule has 0 aliphatic heterocycles. The lowest BCUT2D eigenvalue weighted by atomic mass is 10.1. The number of aromatic nitrogens is 1. The van der Waals surface area contributed by atoms with E-state index >= 15 is 0 Å². The van der Waals surface area contributed by atoms with Crippen LogP contribution < -0.4 is 5.43 Å². The third-order valence-electron chi connectivity index (χ3n) is 3.88. The van der Waals surface area contributed by atoms with Crippen LogP contribution in [0, 0.1) is 6.92 Å². The first-order valence-corrected chi connectivity index (χ1v) is 8.87. The number of fused-ring (bicyclic) bond motifs is 1. The van der Waals surface area contributed by atoms with Gasteiger partial charge in [0.1, 0.15) is 5.76 Å². The standard InChI is InChI=1S/C20H15N3O2S/c1-13-6-2-3-7-15(13)19(24)23-21-12-14-10-11-17(25-14)20-22-16-8-4-5-9-18(16)26-20/h2-12H,1H3,(H,23,24)/b21-12-. The number of carbonyl (C=O) groups excluding carboxylic acids is 1. The molecule has 0 radical (unpaired) electrons. The molecule has 0 saturated heterocycles. The van der Waals surface area contributed by atoms with Crippen LogP contribution in [0.1, 0.15) is 21.7 Å². The van der Waals surface area contributed by atoms with Gasteiger partial charge >= 0.3 is 0 Å². The van der Waals surface area contributed by atoms with Crippen LogP contribution in [-0.2, 0) is 0 Å². The molecule has 0 aliphatic rings. The number of benzene rings is 2. The number of thiazole rings is 1. The van der Waals surface area contributed by atoms with Gasteiger partial charge in [-0.3, -0.25) is 4.79 Å². The Morgan fingerprint density at radius 1 is 1.12 bits per heavy atom. The molecule has 2 heterocycles. The van der Waals surface area contributed by atoms with Crippen molar-refractivity contribution in [2.24, 2.45) is 5.10 Å². The molecule has 1 N–H and O–H groups in total. The second-order valence-electron chi connectivity index (χ2n) is 5.70. The van der Waals surface area contributed by atoms with Crippen LogP contribution in [0.25, 0.3) is 21.0 Å². The van der Waals surface area contributed by atoms with Crippen LogP contribution >= 0.6 is 11.3 Å². The van der Waals surface area contributed by atoms with Gasteiger partial charge in [0.05, 0.1) is 16.4 Å². The summed E-state index contributed by atoms with van der Waals surface area (Å²) in [7, 11) is 0. The molecule has 0 bridgehead atoms. The number of amides is 1. The van der Waals surface area contributed by atoms with Gasteiger partial charge in [-0.2, -0.15) is 5.10 Å². The Balaban J connectivity index is 1.47. The van der Waals surface area contributed by atoms with E-state index in [4.69, 9.17) is 4.42 Å². The second-order valence-corrected chi connectivity index (χ2v) is 6.73. The first kappa shape index (κ1) is 16.2. The van der Waals surface area contributed by atoms with Crippen LogP contribution in [0.4, 0.5) is 0 Å². The van der Waals surface area contributed by atoms with E-state index in [0.717, 1.165) is 20.8 Å². The van der Waals surface area contributed by atoms with Gasteiger partial charge in [0.15, 0.2) is 10.8 Å². The summed E-state index contributed by atoms with van der Waals surface area (Å²) < 4.78 is 6.87. The topological polar surface area (TPSA) is 67.5 Å². The molecule has 0 fully saturated rings. The number of rotatable bonds is 4. The number of aryl methyl sites for hydroxylation is 1. The Hall–Kier alpha value is -3.25. The zero-order valence-electron chi connectivity index (χ0n) is 14.0. The Morgan fingerprint density at radius 2 is 1.92 bits per heavy atom. The van der Waals surface area contributed by atoms with Crippen molar-refractivity contribution in [3.05, 3.63) is 77.6 Å². The maximum absolute atomic E-state index is 12.1. The molecule has 26 heavy (non-hydrogen) atoms. The van der Waals surface area contributed by atoms with E-state index in [1.54, 1.807) is 23.5 Å². The first-order chi connectivity index (χ1) is 12.7. The molecule has 0 saturated carbocycles. The minimum Gasteiger partial charge on any atom is -0.453 e. The zero-order chi connectivity index (χ0) is 17.9. The van der Waals surface area contributed by atoms with Crippen molar-refractivity contribution in [3.63, 3.8) is 0 Å². The summed E-state index contributed by atoms with van der Waals surface area (Å²) in [4.78, 5) is 16.7. The second kappa shape index (κ2) is 6.93. The van der Waals surface area contributed by atoms with Crippen LogP contribution in [0.5, 0.6) is 0 Å². The van der Waals surface area contributed by atoms with E-state index in [2.05, 4.69) is 15.5 Å². The maximum atomic E-state index is 12.1. The number of furan rings is 1. The number of nitrogens with one attached hydrogen (secondary N) is 1. The molecule has 5 nitrogen and oxygen atoms in total. The van der Waals surface area contributed by atoms with E-state index in [0.29, 0.717) is 17.1 Å². The summed E-state index contributed by atoms with van der Waals surface area (Å²) in [5.74, 6) is 0.972. The predicted octanol–water partition coefficient (Wildman–Crippen LogP) is 4.63. The molecule has 6 heteroatoms. The fourth-order valence-electron chi connectivity index (χ4n) is 2.56. The van der Waals surface area contributed by atoms with Gasteiger partial charge < -0.3 is 4.42 Å². The Morgan fingerprint density at radius 3 is 2.77 bits per heavy atom. The maximum Gasteiger partial charge on any atom is 0.271 e. The normalized spacial score (nSPS) is 11.3. The third kappa shape index (κ3) is 3.27. The fraction of sp³-hybridized carbons (Fsp3) is 0.0500. The number of hydrazone groups is 1. The van der Waals surface area contributed by atoms with Gasteiger partial charge in [0.2, 0.25) is 0 Å². The average molecular weight is 361 g/mol. The number of hydrogen-bond donors (Lipinski definition) is 1. The summed E-state index contributed by atoms with van der Waals surface area (Å²) in [5.41, 5.74) is 4.96. The summed E-state index contributed by atoms with van der Waals surface area (Å²) in [6, 6.07) is 19.0. The number of nitrogens with zero attached hydrogens (tertiary/aromatic N) is 2. The molecule has 0 atom stereocenters. The molecule has 0 aliphatic carbocycles. The minimum atomic E-state index is -0.252. The number of hydrogen-bond acceptors (Lipinski definition) is 5. The van der Waals surface area contributed by atoms with Crippen molar-refractivity contribution in [3.8, 4) is 10.8 Å². The largest absolute Gasteiger partial charge is 0.453 e. The molecule has 128 valence electrons. The lowest BCUT2D eigenvalue weighted by Gasteiger charge is -2.02. The molecule has 4 aromatic rings. The summed E-state index contributed by atoms with van der Waals surface area (Å²) in [6.45, 7) is 1.88. The van der Waals surface area contributed by atoms with Crippen molar-refractivity contribution in [2.75, 3.05) is 0 Å². The van der Waals surface area contributed by atoms with Gasteiger partial charge in [-0.05, 0) is 42.8 Å². The average Bonchev–Trinajstić information content (AvgIpc) is 3.28. The van der Waals surface area contributed by atoms with Crippen LogP contribution in [0.2, 0.25) is 0 Å². The molecule has 0 unspecified atom stereocenters. The molecular weight excluding hydrogens is 346 g/mol. The Labute approximate surface area is 154 Å². The van der Waals surface area contributed by atoms with Crippen molar-refractivity contribution in [1.29, 1.82) is 0 Å². The smallest absolute Gasteiger partial charge is 0.271 e. The summed E-state index contributed by atoms with van der Waals surface area (Å²) in [6.07, 6.45) is 1.48. The van der Waals surface area contributed by atoms with Gasteiger partial charge in [-0.25, -0.2) is 10.4 Å². The molecule has 2 aromatic heterocycles. The Bertz CT molecular complexity index is 1080. The van der Waals surface area contributed by atoms with Crippen molar-refractivity contribution in [1.82, 2.24) is 10.4 Å². The first-order valence-electron chi connectivity index (χ1n) is 8.05. The number of carbonyl (C=O) groups is 1. The summed E-state index contributed by atoms with van der Waals surface area (Å²) >= 11 is 1.57. The predicted molar refractivity (Wildman–Crippen MR) is 104 cm³/mol. The molecule has 1 amide bonds. The van der Waals surface area contributed by atoms with E-state index in [-0.39, 0.29) is 5.91 Å². The van der Waals surface area contributed by atoms with Crippen LogP contribution in [0.15, 0.2) is 70.2 Å². The van der Waals surface area contributed by atoms with Crippen LogP contribution in [-0.4, -0.2) is 17.1 Å². The highest BCUT2D eigenvalue weighted by atomic mass is 32.1. The van der Waals surface area contributed by atoms with Gasteiger partial charge in [-0.15, -0.1) is 11.3 Å². The third-order valence-corrected chi connectivity index (χ3v) is 4.93. The van der Waals surface area contributed by atoms with Gasteiger partial charge in [0, 0.05) is 5.56 Å². The molecule has 0 spiro atoms. The fourth-order valence-corrected chi connectivity index (χ4v) is 3.48. The SMILES string of the molecule is Cc1ccccc1C(=O)N/N=C\c1ccc(-c2nc3ccccc3s2)o1. The highest BCUT2D eigenvalue weighted by Crippen LogP contribution is 2.30. The van der Waals surface area contributed by atoms with E-state index < -0.39 is 0 Å². The monoisotopic (exact) mass is 361 g/mol. The highest BCUT2D eigenvalue weighted by Gasteiger charge is 2.10. The summed E-state index contributed by atoms with van der Waals surface area (Å²) in [5, 5.41) is 4.79. The van der Waals surface area contributed by atoms with Crippen molar-refractivity contribution in [2.45, 2.75) is 6.92 Å².